The third-order valence-electron chi connectivity index (χ3n) is 8.19. The van der Waals surface area contributed by atoms with Crippen molar-refractivity contribution in [2.24, 2.45) is 5.92 Å². The van der Waals surface area contributed by atoms with Crippen molar-refractivity contribution in [2.75, 3.05) is 54.6 Å². The highest BCUT2D eigenvalue weighted by atomic mass is 19.2. The van der Waals surface area contributed by atoms with Crippen LogP contribution in [0.1, 0.15) is 32.3 Å². The Morgan fingerprint density at radius 1 is 1.14 bits per heavy atom. The van der Waals surface area contributed by atoms with Crippen LogP contribution in [0.3, 0.4) is 0 Å². The molecule has 43 heavy (non-hydrogen) atoms. The van der Waals surface area contributed by atoms with E-state index in [9.17, 15) is 18.7 Å². The van der Waals surface area contributed by atoms with Crippen molar-refractivity contribution in [3.05, 3.63) is 60.4 Å². The minimum atomic E-state index is -1.43. The van der Waals surface area contributed by atoms with Gasteiger partial charge in [0, 0.05) is 43.4 Å². The van der Waals surface area contributed by atoms with Gasteiger partial charge in [0.05, 0.1) is 35.5 Å². The number of hydrogen-bond donors (Lipinski definition) is 4. The lowest BCUT2D eigenvalue weighted by molar-refractivity contribution is -0.111. The average molecular weight is 595 g/mol. The molecule has 1 aromatic heterocycles. The summed E-state index contributed by atoms with van der Waals surface area (Å²) in [4.78, 5) is 29.7. The van der Waals surface area contributed by atoms with Crippen molar-refractivity contribution in [1.29, 1.82) is 0 Å². The van der Waals surface area contributed by atoms with Crippen LogP contribution >= 0.6 is 0 Å². The number of anilines is 6. The van der Waals surface area contributed by atoms with Gasteiger partial charge in [-0.05, 0) is 50.9 Å². The van der Waals surface area contributed by atoms with Crippen molar-refractivity contribution in [3.63, 3.8) is 0 Å². The predicted octanol–water partition coefficient (Wildman–Crippen LogP) is 4.53. The third kappa shape index (κ3) is 6.22. The maximum atomic E-state index is 14.2. The summed E-state index contributed by atoms with van der Waals surface area (Å²) in [6.45, 7) is 9.64. The summed E-state index contributed by atoms with van der Waals surface area (Å²) in [6.07, 6.45) is 3.77. The Bertz CT molecular complexity index is 1540. The Morgan fingerprint density at radius 3 is 2.51 bits per heavy atom. The Hall–Kier alpha value is -4.36. The zero-order chi connectivity index (χ0) is 30.9. The molecule has 3 atom stereocenters. The minimum Gasteiger partial charge on any atom is -0.494 e. The molecule has 1 amide bonds. The van der Waals surface area contributed by atoms with E-state index in [2.05, 4.69) is 54.3 Å². The van der Waals surface area contributed by atoms with Crippen LogP contribution in [-0.4, -0.2) is 70.7 Å². The molecule has 2 aliphatic heterocycles. The number of aromatic nitrogens is 3. The molecule has 13 heteroatoms. The summed E-state index contributed by atoms with van der Waals surface area (Å²) >= 11 is 0. The van der Waals surface area contributed by atoms with Crippen molar-refractivity contribution < 1.29 is 23.4 Å². The highest BCUT2D eigenvalue weighted by molar-refractivity contribution is 6.02. The van der Waals surface area contributed by atoms with Gasteiger partial charge in [-0.25, -0.2) is 18.7 Å². The first kappa shape index (κ1) is 30.1. The van der Waals surface area contributed by atoms with Gasteiger partial charge in [0.1, 0.15) is 12.1 Å². The Morgan fingerprint density at radius 2 is 1.84 bits per heavy atom. The number of nitrogens with one attached hydrogen (secondary N) is 3. The molecule has 2 saturated heterocycles. The normalized spacial score (nSPS) is 19.5. The SMILES string of the molecule is C=CC(=O)Nc1cc(Nc2ncnc(Nc3cc(F)c(F)cc3C(C)(O)CC)n2)c(OC)cc1N1CC[C@@H]2CN(C)C[C@@H]21. The molecule has 1 unspecified atom stereocenters. The number of amides is 1. The summed E-state index contributed by atoms with van der Waals surface area (Å²) in [5.74, 6) is -1.32. The molecule has 0 aliphatic carbocycles. The predicted molar refractivity (Wildman–Crippen MR) is 161 cm³/mol. The molecule has 228 valence electrons. The van der Waals surface area contributed by atoms with Gasteiger partial charge in [-0.2, -0.15) is 4.98 Å². The molecule has 2 fully saturated rings. The minimum absolute atomic E-state index is 0.0286. The molecule has 2 aromatic carbocycles. The Balaban J connectivity index is 1.47. The van der Waals surface area contributed by atoms with Gasteiger partial charge in [-0.1, -0.05) is 13.5 Å². The van der Waals surface area contributed by atoms with E-state index in [0.29, 0.717) is 29.1 Å². The van der Waals surface area contributed by atoms with E-state index in [0.717, 1.165) is 43.9 Å². The molecule has 0 spiro atoms. The molecule has 3 aromatic rings. The average Bonchev–Trinajstić information content (AvgIpc) is 3.54. The number of hydrogen-bond acceptors (Lipinski definition) is 10. The number of methoxy groups -OCH3 is 1. The maximum Gasteiger partial charge on any atom is 0.247 e. The van der Waals surface area contributed by atoms with E-state index < -0.39 is 17.2 Å². The summed E-state index contributed by atoms with van der Waals surface area (Å²) < 4.78 is 34.0. The van der Waals surface area contributed by atoms with E-state index in [1.54, 1.807) is 20.1 Å². The number of benzene rings is 2. The fourth-order valence-corrected chi connectivity index (χ4v) is 5.77. The summed E-state index contributed by atoms with van der Waals surface area (Å²) in [5, 5.41) is 19.7. The number of likely N-dealkylation sites (N-methyl/N-ethyl adjacent to an activating group) is 1. The van der Waals surface area contributed by atoms with Crippen LogP contribution in [0, 0.1) is 17.6 Å². The first-order valence-corrected chi connectivity index (χ1v) is 14.1. The van der Waals surface area contributed by atoms with Crippen LogP contribution < -0.4 is 25.6 Å². The largest absolute Gasteiger partial charge is 0.494 e. The van der Waals surface area contributed by atoms with E-state index in [-0.39, 0.29) is 35.5 Å². The third-order valence-corrected chi connectivity index (χ3v) is 8.19. The number of ether oxygens (including phenoxy) is 1. The first-order valence-electron chi connectivity index (χ1n) is 14.1. The van der Waals surface area contributed by atoms with Crippen molar-refractivity contribution in [2.45, 2.75) is 38.3 Å². The molecule has 0 radical (unpaired) electrons. The van der Waals surface area contributed by atoms with Gasteiger partial charge in [0.25, 0.3) is 0 Å². The molecular weight excluding hydrogens is 558 g/mol. The lowest BCUT2D eigenvalue weighted by Crippen LogP contribution is -2.35. The van der Waals surface area contributed by atoms with Gasteiger partial charge >= 0.3 is 0 Å². The number of carbonyl (C=O) groups is 1. The van der Waals surface area contributed by atoms with Crippen LogP contribution in [0.2, 0.25) is 0 Å². The number of fused-ring (bicyclic) bond motifs is 1. The molecular formula is C30H36F2N8O3. The molecule has 11 nitrogen and oxygen atoms in total. The Labute approximate surface area is 249 Å². The topological polar surface area (TPSA) is 128 Å². The first-order chi connectivity index (χ1) is 20.5. The van der Waals surface area contributed by atoms with Crippen LogP contribution in [0.4, 0.5) is 43.4 Å². The van der Waals surface area contributed by atoms with Gasteiger partial charge in [-0.3, -0.25) is 4.79 Å². The van der Waals surface area contributed by atoms with Crippen LogP contribution in [0.15, 0.2) is 43.2 Å². The monoisotopic (exact) mass is 594 g/mol. The number of aliphatic hydroxyl groups is 1. The van der Waals surface area contributed by atoms with Crippen molar-refractivity contribution in [3.8, 4) is 5.75 Å². The lowest BCUT2D eigenvalue weighted by atomic mass is 9.91. The number of carbonyl (C=O) groups excluding carboxylic acids is 1. The van der Waals surface area contributed by atoms with E-state index in [1.165, 1.54) is 19.3 Å². The van der Waals surface area contributed by atoms with E-state index in [1.807, 2.05) is 6.07 Å². The maximum absolute atomic E-state index is 14.2. The van der Waals surface area contributed by atoms with Gasteiger partial charge in [0.15, 0.2) is 11.6 Å². The van der Waals surface area contributed by atoms with E-state index in [4.69, 9.17) is 4.74 Å². The molecule has 0 saturated carbocycles. The standard InChI is InChI=1S/C30H36F2N8O3/c1-6-27(41)35-22-12-23(26(43-5)13-24(22)40-9-8-17-14-39(4)15-25(17)40)37-29-34-16-33-28(38-29)36-21-11-20(32)19(31)10-18(21)30(3,42)7-2/h6,10-13,16-17,25,42H,1,7-9,14-15H2,2-5H3,(H,35,41)(H2,33,34,36,37,38)/t17-,25+,30?/m1/s1. The number of halogens is 2. The summed E-state index contributed by atoms with van der Waals surface area (Å²) in [7, 11) is 3.66. The summed E-state index contributed by atoms with van der Waals surface area (Å²) in [5.41, 5.74) is 0.720. The van der Waals surface area contributed by atoms with Crippen molar-refractivity contribution >= 4 is 40.6 Å². The van der Waals surface area contributed by atoms with Crippen LogP contribution in [-0.2, 0) is 10.4 Å². The zero-order valence-electron chi connectivity index (χ0n) is 24.6. The Kier molecular flexibility index (Phi) is 8.47. The van der Waals surface area contributed by atoms with E-state index >= 15 is 0 Å². The fourth-order valence-electron chi connectivity index (χ4n) is 5.77. The smallest absolute Gasteiger partial charge is 0.247 e. The molecule has 4 N–H and O–H groups in total. The van der Waals surface area contributed by atoms with Gasteiger partial charge in [0.2, 0.25) is 17.8 Å². The molecule has 3 heterocycles. The highest BCUT2D eigenvalue weighted by Crippen LogP contribution is 2.43. The second kappa shape index (κ2) is 12.1. The van der Waals surface area contributed by atoms with Crippen LogP contribution in [0.25, 0.3) is 0 Å². The highest BCUT2D eigenvalue weighted by Gasteiger charge is 2.41. The van der Waals surface area contributed by atoms with Gasteiger partial charge < -0.3 is 35.6 Å². The quantitative estimate of drug-likeness (QED) is 0.249. The number of likely N-dealkylation sites (tertiary alicyclic amines) is 1. The van der Waals surface area contributed by atoms with Gasteiger partial charge in [-0.15, -0.1) is 0 Å². The lowest BCUT2D eigenvalue weighted by Gasteiger charge is -2.29. The second-order valence-corrected chi connectivity index (χ2v) is 11.1. The second-order valence-electron chi connectivity index (χ2n) is 11.1. The number of rotatable bonds is 10. The fraction of sp³-hybridized carbons (Fsp3) is 0.400. The summed E-state index contributed by atoms with van der Waals surface area (Å²) in [6, 6.07) is 5.86. The zero-order valence-corrected chi connectivity index (χ0v) is 24.6. The molecule has 5 rings (SSSR count). The number of nitrogens with zero attached hydrogens (tertiary/aromatic N) is 5. The van der Waals surface area contributed by atoms with Crippen molar-refractivity contribution in [1.82, 2.24) is 19.9 Å². The van der Waals surface area contributed by atoms with Crippen LogP contribution in [0.5, 0.6) is 5.75 Å². The molecule has 0 bridgehead atoms. The molecule has 2 aliphatic rings.